The van der Waals surface area contributed by atoms with Crippen molar-refractivity contribution in [2.24, 2.45) is 0 Å². The lowest BCUT2D eigenvalue weighted by Crippen LogP contribution is -2.15. The summed E-state index contributed by atoms with van der Waals surface area (Å²) in [5.41, 5.74) is 2.66. The van der Waals surface area contributed by atoms with Crippen LogP contribution in [0.3, 0.4) is 0 Å². The van der Waals surface area contributed by atoms with Gasteiger partial charge < -0.3 is 20.1 Å². The molecule has 0 atom stereocenters. The molecule has 4 rings (SSSR count). The molecule has 1 aliphatic rings. The number of benzene rings is 1. The van der Waals surface area contributed by atoms with E-state index < -0.39 is 0 Å². The number of aromatic nitrogens is 3. The maximum atomic E-state index is 5.61. The minimum absolute atomic E-state index is 0.519. The molecule has 0 fully saturated rings. The van der Waals surface area contributed by atoms with Crippen LogP contribution < -0.4 is 20.1 Å². The largest absolute Gasteiger partial charge is 0.486 e. The Hall–Kier alpha value is -3.35. The van der Waals surface area contributed by atoms with Gasteiger partial charge in [-0.2, -0.15) is 4.98 Å². The lowest BCUT2D eigenvalue weighted by atomic mass is 10.2. The molecular formula is C19H19N5O2. The molecule has 7 nitrogen and oxygen atoms in total. The topological polar surface area (TPSA) is 81.2 Å². The molecule has 1 aliphatic heterocycles. The Balaban J connectivity index is 1.49. The summed E-state index contributed by atoms with van der Waals surface area (Å²) in [4.78, 5) is 13.3. The van der Waals surface area contributed by atoms with Crippen LogP contribution in [0.1, 0.15) is 11.4 Å². The van der Waals surface area contributed by atoms with E-state index in [9.17, 15) is 0 Å². The van der Waals surface area contributed by atoms with Crippen LogP contribution in [0.2, 0.25) is 0 Å². The van der Waals surface area contributed by atoms with Crippen molar-refractivity contribution in [2.75, 3.05) is 23.8 Å². The van der Waals surface area contributed by atoms with Gasteiger partial charge in [-0.3, -0.25) is 4.98 Å². The number of hydrogen-bond acceptors (Lipinski definition) is 7. The average Bonchev–Trinajstić information content (AvgIpc) is 2.67. The van der Waals surface area contributed by atoms with E-state index >= 15 is 0 Å². The number of fused-ring (bicyclic) bond motifs is 1. The Labute approximate surface area is 151 Å². The van der Waals surface area contributed by atoms with Crippen LogP contribution in [-0.4, -0.2) is 28.2 Å². The Bertz CT molecular complexity index is 902. The number of rotatable bonds is 5. The third-order valence-electron chi connectivity index (χ3n) is 3.83. The van der Waals surface area contributed by atoms with E-state index in [-0.39, 0.29) is 0 Å². The molecule has 26 heavy (non-hydrogen) atoms. The lowest BCUT2D eigenvalue weighted by Gasteiger charge is -2.19. The summed E-state index contributed by atoms with van der Waals surface area (Å²) < 4.78 is 11.2. The predicted octanol–water partition coefficient (Wildman–Crippen LogP) is 3.31. The summed E-state index contributed by atoms with van der Waals surface area (Å²) in [5, 5.41) is 6.50. The number of aryl methyl sites for hydroxylation is 1. The molecule has 3 heterocycles. The van der Waals surface area contributed by atoms with E-state index in [2.05, 4.69) is 25.6 Å². The maximum absolute atomic E-state index is 5.61. The van der Waals surface area contributed by atoms with Gasteiger partial charge in [0.05, 0.1) is 12.2 Å². The summed E-state index contributed by atoms with van der Waals surface area (Å²) in [6.07, 6.45) is 1.77. The Morgan fingerprint density at radius 1 is 1.00 bits per heavy atom. The number of pyridine rings is 1. The van der Waals surface area contributed by atoms with Crippen LogP contribution in [0.5, 0.6) is 11.5 Å². The van der Waals surface area contributed by atoms with Crippen molar-refractivity contribution in [3.05, 3.63) is 60.0 Å². The molecule has 7 heteroatoms. The maximum Gasteiger partial charge on any atom is 0.229 e. The molecule has 1 aromatic carbocycles. The smallest absolute Gasteiger partial charge is 0.229 e. The molecule has 2 N–H and O–H groups in total. The van der Waals surface area contributed by atoms with Gasteiger partial charge in [0.1, 0.15) is 19.0 Å². The van der Waals surface area contributed by atoms with Gasteiger partial charge in [0.25, 0.3) is 0 Å². The van der Waals surface area contributed by atoms with Crippen molar-refractivity contribution >= 4 is 17.5 Å². The molecule has 0 amide bonds. The third kappa shape index (κ3) is 3.83. The van der Waals surface area contributed by atoms with E-state index in [1.54, 1.807) is 6.20 Å². The first-order valence-electron chi connectivity index (χ1n) is 8.42. The standard InChI is InChI=1S/C19H19N5O2/c1-13-10-18(21-12-15-4-2-3-7-20-15)24-19(22-13)23-14-5-6-16-17(11-14)26-9-8-25-16/h2-7,10-11H,8-9,12H2,1H3,(H2,21,22,23,24). The van der Waals surface area contributed by atoms with Crippen LogP contribution in [-0.2, 0) is 6.54 Å². The highest BCUT2D eigenvalue weighted by atomic mass is 16.6. The minimum atomic E-state index is 0.519. The molecule has 0 spiro atoms. The Morgan fingerprint density at radius 3 is 2.73 bits per heavy atom. The number of anilines is 3. The van der Waals surface area contributed by atoms with Gasteiger partial charge in [-0.25, -0.2) is 4.98 Å². The van der Waals surface area contributed by atoms with Crippen molar-refractivity contribution in [3.63, 3.8) is 0 Å². The first-order valence-corrected chi connectivity index (χ1v) is 8.42. The third-order valence-corrected chi connectivity index (χ3v) is 3.83. The quantitative estimate of drug-likeness (QED) is 0.731. The second-order valence-corrected chi connectivity index (χ2v) is 5.88. The van der Waals surface area contributed by atoms with Gasteiger partial charge >= 0.3 is 0 Å². The van der Waals surface area contributed by atoms with Crippen molar-refractivity contribution in [3.8, 4) is 11.5 Å². The molecule has 0 unspecified atom stereocenters. The van der Waals surface area contributed by atoms with Crippen molar-refractivity contribution in [1.29, 1.82) is 0 Å². The monoisotopic (exact) mass is 349 g/mol. The second kappa shape index (κ2) is 7.26. The number of hydrogen-bond donors (Lipinski definition) is 2. The van der Waals surface area contributed by atoms with E-state index in [4.69, 9.17) is 9.47 Å². The van der Waals surface area contributed by atoms with Gasteiger partial charge in [0.2, 0.25) is 5.95 Å². The highest BCUT2D eigenvalue weighted by molar-refractivity contribution is 5.61. The zero-order valence-corrected chi connectivity index (χ0v) is 14.4. The lowest BCUT2D eigenvalue weighted by molar-refractivity contribution is 0.171. The Morgan fingerprint density at radius 2 is 1.88 bits per heavy atom. The second-order valence-electron chi connectivity index (χ2n) is 5.88. The summed E-state index contributed by atoms with van der Waals surface area (Å²) in [7, 11) is 0. The number of nitrogens with zero attached hydrogens (tertiary/aromatic N) is 3. The zero-order chi connectivity index (χ0) is 17.8. The molecule has 0 saturated heterocycles. The molecule has 0 radical (unpaired) electrons. The van der Waals surface area contributed by atoms with Gasteiger partial charge in [-0.1, -0.05) is 6.07 Å². The SMILES string of the molecule is Cc1cc(NCc2ccccn2)nc(Nc2ccc3c(c2)OCCO3)n1. The molecule has 132 valence electrons. The van der Waals surface area contributed by atoms with E-state index in [1.165, 1.54) is 0 Å². The van der Waals surface area contributed by atoms with Crippen molar-refractivity contribution in [2.45, 2.75) is 13.5 Å². The summed E-state index contributed by atoms with van der Waals surface area (Å²) in [6, 6.07) is 13.4. The minimum Gasteiger partial charge on any atom is -0.486 e. The molecular weight excluding hydrogens is 330 g/mol. The van der Waals surface area contributed by atoms with Crippen LogP contribution in [0.15, 0.2) is 48.7 Å². The van der Waals surface area contributed by atoms with Gasteiger partial charge in [0.15, 0.2) is 11.5 Å². The van der Waals surface area contributed by atoms with Crippen LogP contribution >= 0.6 is 0 Å². The van der Waals surface area contributed by atoms with Crippen LogP contribution in [0.25, 0.3) is 0 Å². The molecule has 0 bridgehead atoms. The average molecular weight is 349 g/mol. The number of nitrogens with one attached hydrogen (secondary N) is 2. The van der Waals surface area contributed by atoms with E-state index in [0.29, 0.717) is 25.7 Å². The first kappa shape index (κ1) is 16.1. The normalized spacial score (nSPS) is 12.5. The fourth-order valence-electron chi connectivity index (χ4n) is 2.65. The fourth-order valence-corrected chi connectivity index (χ4v) is 2.65. The summed E-state index contributed by atoms with van der Waals surface area (Å²) >= 11 is 0. The zero-order valence-electron chi connectivity index (χ0n) is 14.4. The molecule has 0 aliphatic carbocycles. The highest BCUT2D eigenvalue weighted by Crippen LogP contribution is 2.33. The van der Waals surface area contributed by atoms with Crippen molar-refractivity contribution < 1.29 is 9.47 Å². The van der Waals surface area contributed by atoms with Crippen LogP contribution in [0, 0.1) is 6.92 Å². The summed E-state index contributed by atoms with van der Waals surface area (Å²) in [5.74, 6) is 2.74. The Kier molecular flexibility index (Phi) is 4.51. The van der Waals surface area contributed by atoms with E-state index in [0.717, 1.165) is 34.4 Å². The molecule has 2 aromatic heterocycles. The van der Waals surface area contributed by atoms with E-state index in [1.807, 2.05) is 49.4 Å². The van der Waals surface area contributed by atoms with Gasteiger partial charge in [0, 0.05) is 29.7 Å². The predicted molar refractivity (Wildman–Crippen MR) is 99.0 cm³/mol. The van der Waals surface area contributed by atoms with Crippen molar-refractivity contribution in [1.82, 2.24) is 15.0 Å². The van der Waals surface area contributed by atoms with Gasteiger partial charge in [-0.05, 0) is 31.2 Å². The first-order chi connectivity index (χ1) is 12.8. The summed E-state index contributed by atoms with van der Waals surface area (Å²) in [6.45, 7) is 3.66. The molecule has 0 saturated carbocycles. The fraction of sp³-hybridized carbons (Fsp3) is 0.211. The van der Waals surface area contributed by atoms with Crippen LogP contribution in [0.4, 0.5) is 17.5 Å². The molecule has 3 aromatic rings. The number of ether oxygens (including phenoxy) is 2. The highest BCUT2D eigenvalue weighted by Gasteiger charge is 2.12. The van der Waals surface area contributed by atoms with Gasteiger partial charge in [-0.15, -0.1) is 0 Å².